The Morgan fingerprint density at radius 3 is 2.50 bits per heavy atom. The van der Waals surface area contributed by atoms with Crippen LogP contribution >= 0.6 is 23.2 Å². The molecule has 7 heteroatoms. The SMILES string of the molecule is Nc1nc(C(F)F)cc(Cl)c1C(=O)Cl. The molecule has 0 aliphatic rings. The number of hydrogen-bond acceptors (Lipinski definition) is 3. The Morgan fingerprint density at radius 1 is 1.57 bits per heavy atom. The van der Waals surface area contributed by atoms with Crippen LogP contribution in [-0.4, -0.2) is 10.2 Å². The number of aromatic nitrogens is 1. The van der Waals surface area contributed by atoms with Gasteiger partial charge in [-0.25, -0.2) is 13.8 Å². The van der Waals surface area contributed by atoms with Gasteiger partial charge in [0.1, 0.15) is 11.5 Å². The van der Waals surface area contributed by atoms with Crippen LogP contribution in [0.4, 0.5) is 14.6 Å². The quantitative estimate of drug-likeness (QED) is 0.809. The predicted molar refractivity (Wildman–Crippen MR) is 48.8 cm³/mol. The van der Waals surface area contributed by atoms with Gasteiger partial charge in [-0.3, -0.25) is 4.79 Å². The van der Waals surface area contributed by atoms with E-state index in [9.17, 15) is 13.6 Å². The van der Waals surface area contributed by atoms with E-state index in [0.717, 1.165) is 6.07 Å². The van der Waals surface area contributed by atoms with E-state index in [1.165, 1.54) is 0 Å². The van der Waals surface area contributed by atoms with Gasteiger partial charge < -0.3 is 5.73 Å². The lowest BCUT2D eigenvalue weighted by Gasteiger charge is -2.05. The van der Waals surface area contributed by atoms with Gasteiger partial charge in [0.05, 0.1) is 10.6 Å². The van der Waals surface area contributed by atoms with Gasteiger partial charge in [0.25, 0.3) is 11.7 Å². The molecular formula is C7H4Cl2F2N2O. The van der Waals surface area contributed by atoms with Crippen LogP contribution in [0, 0.1) is 0 Å². The summed E-state index contributed by atoms with van der Waals surface area (Å²) in [6, 6.07) is 0.859. The van der Waals surface area contributed by atoms with Gasteiger partial charge in [-0.05, 0) is 17.7 Å². The molecule has 14 heavy (non-hydrogen) atoms. The highest BCUT2D eigenvalue weighted by Gasteiger charge is 2.18. The van der Waals surface area contributed by atoms with Gasteiger partial charge >= 0.3 is 0 Å². The minimum absolute atomic E-state index is 0.229. The number of alkyl halides is 2. The number of nitrogens with zero attached hydrogens (tertiary/aromatic N) is 1. The van der Waals surface area contributed by atoms with Crippen LogP contribution < -0.4 is 5.73 Å². The third-order valence-electron chi connectivity index (χ3n) is 1.44. The first-order chi connectivity index (χ1) is 6.43. The molecule has 0 aliphatic heterocycles. The van der Waals surface area contributed by atoms with Crippen LogP contribution in [0.5, 0.6) is 0 Å². The molecular weight excluding hydrogens is 237 g/mol. The van der Waals surface area contributed by atoms with Gasteiger partial charge in [-0.1, -0.05) is 11.6 Å². The topological polar surface area (TPSA) is 56.0 Å². The lowest BCUT2D eigenvalue weighted by atomic mass is 10.2. The molecule has 3 nitrogen and oxygen atoms in total. The zero-order valence-electron chi connectivity index (χ0n) is 6.60. The maximum Gasteiger partial charge on any atom is 0.280 e. The van der Waals surface area contributed by atoms with E-state index in [1.807, 2.05) is 0 Å². The molecule has 0 fully saturated rings. The summed E-state index contributed by atoms with van der Waals surface area (Å²) in [5.41, 5.74) is 4.39. The standard InChI is InChI=1S/C7H4Cl2F2N2O/c8-2-1-3(6(10)11)13-7(12)4(2)5(9)14/h1,6H,(H2,12,13). The van der Waals surface area contributed by atoms with Crippen molar-refractivity contribution in [2.75, 3.05) is 5.73 Å². The molecule has 1 aromatic rings. The molecule has 0 saturated heterocycles. The summed E-state index contributed by atoms with van der Waals surface area (Å²) in [7, 11) is 0. The lowest BCUT2D eigenvalue weighted by Crippen LogP contribution is -2.04. The van der Waals surface area contributed by atoms with Crippen molar-refractivity contribution in [1.29, 1.82) is 0 Å². The number of carbonyl (C=O) groups excluding carboxylic acids is 1. The van der Waals surface area contributed by atoms with Crippen molar-refractivity contribution in [2.24, 2.45) is 0 Å². The van der Waals surface area contributed by atoms with Crippen molar-refractivity contribution >= 4 is 34.3 Å². The van der Waals surface area contributed by atoms with Crippen molar-refractivity contribution in [3.05, 3.63) is 22.3 Å². The number of halogens is 4. The maximum absolute atomic E-state index is 12.2. The van der Waals surface area contributed by atoms with Crippen LogP contribution in [0.2, 0.25) is 5.02 Å². The third-order valence-corrected chi connectivity index (χ3v) is 1.93. The van der Waals surface area contributed by atoms with Crippen LogP contribution in [0.15, 0.2) is 6.07 Å². The first-order valence-corrected chi connectivity index (χ1v) is 4.13. The van der Waals surface area contributed by atoms with Crippen LogP contribution in [0.1, 0.15) is 22.5 Å². The molecule has 1 heterocycles. The highest BCUT2D eigenvalue weighted by Crippen LogP contribution is 2.27. The summed E-state index contributed by atoms with van der Waals surface area (Å²) in [5, 5.41) is -1.16. The number of anilines is 1. The second-order valence-corrected chi connectivity index (χ2v) is 3.11. The second kappa shape index (κ2) is 4.06. The predicted octanol–water partition coefficient (Wildman–Crippen LogP) is 2.63. The summed E-state index contributed by atoms with van der Waals surface area (Å²) in [6.07, 6.45) is -2.80. The molecule has 2 N–H and O–H groups in total. The van der Waals surface area contributed by atoms with Gasteiger partial charge in [0.2, 0.25) is 0 Å². The highest BCUT2D eigenvalue weighted by atomic mass is 35.5. The summed E-state index contributed by atoms with van der Waals surface area (Å²) >= 11 is 10.6. The third kappa shape index (κ3) is 2.10. The zero-order valence-corrected chi connectivity index (χ0v) is 8.11. The molecule has 0 aliphatic carbocycles. The minimum atomic E-state index is -2.80. The Balaban J connectivity index is 3.32. The summed E-state index contributed by atoms with van der Waals surface area (Å²) in [6.45, 7) is 0. The van der Waals surface area contributed by atoms with Gasteiger partial charge in [0, 0.05) is 0 Å². The molecule has 0 saturated carbocycles. The first-order valence-electron chi connectivity index (χ1n) is 3.37. The molecule has 76 valence electrons. The Morgan fingerprint density at radius 2 is 2.14 bits per heavy atom. The zero-order chi connectivity index (χ0) is 10.9. The van der Waals surface area contributed by atoms with E-state index in [0.29, 0.717) is 0 Å². The smallest absolute Gasteiger partial charge is 0.280 e. The van der Waals surface area contributed by atoms with Crippen molar-refractivity contribution in [3.63, 3.8) is 0 Å². The minimum Gasteiger partial charge on any atom is -0.383 e. The summed E-state index contributed by atoms with van der Waals surface area (Å²) in [5.74, 6) is -0.396. The maximum atomic E-state index is 12.2. The van der Waals surface area contributed by atoms with E-state index in [2.05, 4.69) is 4.98 Å². The molecule has 1 rings (SSSR count). The van der Waals surface area contributed by atoms with E-state index < -0.39 is 23.2 Å². The largest absolute Gasteiger partial charge is 0.383 e. The Bertz CT molecular complexity index is 361. The highest BCUT2D eigenvalue weighted by molar-refractivity contribution is 6.69. The van der Waals surface area contributed by atoms with E-state index >= 15 is 0 Å². The number of carbonyl (C=O) groups is 1. The fourth-order valence-corrected chi connectivity index (χ4v) is 1.40. The van der Waals surface area contributed by atoms with Crippen LogP contribution in [-0.2, 0) is 0 Å². The van der Waals surface area contributed by atoms with Gasteiger partial charge in [0.15, 0.2) is 0 Å². The first kappa shape index (κ1) is 11.1. The number of nitrogen functional groups attached to an aromatic ring is 1. The second-order valence-electron chi connectivity index (χ2n) is 2.36. The number of rotatable bonds is 2. The summed E-state index contributed by atoms with van der Waals surface area (Å²) < 4.78 is 24.3. The number of pyridine rings is 1. The number of nitrogens with two attached hydrogens (primary N) is 1. The van der Waals surface area contributed by atoms with Crippen molar-refractivity contribution in [1.82, 2.24) is 4.98 Å². The van der Waals surface area contributed by atoms with Crippen LogP contribution in [0.25, 0.3) is 0 Å². The molecule has 0 amide bonds. The van der Waals surface area contributed by atoms with Crippen LogP contribution in [0.3, 0.4) is 0 Å². The molecule has 1 aromatic heterocycles. The van der Waals surface area contributed by atoms with E-state index in [4.69, 9.17) is 28.9 Å². The monoisotopic (exact) mass is 240 g/mol. The van der Waals surface area contributed by atoms with Gasteiger partial charge in [-0.2, -0.15) is 0 Å². The lowest BCUT2D eigenvalue weighted by molar-refractivity contribution is 0.108. The molecule has 0 aromatic carbocycles. The van der Waals surface area contributed by atoms with Crippen molar-refractivity contribution < 1.29 is 13.6 Å². The Hall–Kier alpha value is -0.940. The van der Waals surface area contributed by atoms with Crippen molar-refractivity contribution in [3.8, 4) is 0 Å². The molecule has 0 bridgehead atoms. The van der Waals surface area contributed by atoms with E-state index in [1.54, 1.807) is 0 Å². The molecule has 0 unspecified atom stereocenters. The normalized spacial score (nSPS) is 10.6. The van der Waals surface area contributed by atoms with Gasteiger partial charge in [-0.15, -0.1) is 0 Å². The van der Waals surface area contributed by atoms with E-state index in [-0.39, 0.29) is 10.6 Å². The van der Waals surface area contributed by atoms with Crippen molar-refractivity contribution in [2.45, 2.75) is 6.43 Å². The molecule has 0 radical (unpaired) electrons. The number of hydrogen-bond donors (Lipinski definition) is 1. The summed E-state index contributed by atoms with van der Waals surface area (Å²) in [4.78, 5) is 14.0. The average Bonchev–Trinajstić information content (AvgIpc) is 2.01. The average molecular weight is 241 g/mol. The fourth-order valence-electron chi connectivity index (χ4n) is 0.858. The molecule has 0 spiro atoms. The Labute approximate surface area is 87.8 Å². The fraction of sp³-hybridized carbons (Fsp3) is 0.143. The molecule has 0 atom stereocenters. The Kier molecular flexibility index (Phi) is 3.23.